The van der Waals surface area contributed by atoms with Crippen LogP contribution in [0.5, 0.6) is 0 Å². The quantitative estimate of drug-likeness (QED) is 0.770. The van der Waals surface area contributed by atoms with Gasteiger partial charge in [-0.25, -0.2) is 0 Å². The highest BCUT2D eigenvalue weighted by atomic mass is 15.2. The van der Waals surface area contributed by atoms with Gasteiger partial charge in [-0.1, -0.05) is 13.8 Å². The Morgan fingerprint density at radius 3 is 2.53 bits per heavy atom. The summed E-state index contributed by atoms with van der Waals surface area (Å²) in [5, 5.41) is 3.65. The molecule has 90 valence electrons. The lowest BCUT2D eigenvalue weighted by Crippen LogP contribution is -2.53. The summed E-state index contributed by atoms with van der Waals surface area (Å²) in [6.45, 7) is 10.3. The molecule has 1 saturated carbocycles. The van der Waals surface area contributed by atoms with Crippen LogP contribution >= 0.6 is 0 Å². The molecule has 0 amide bonds. The van der Waals surface area contributed by atoms with E-state index >= 15 is 0 Å². The topological polar surface area (TPSA) is 15.3 Å². The largest absolute Gasteiger partial charge is 0.313 e. The Kier molecular flexibility index (Phi) is 5.07. The normalized spacial score (nSPS) is 32.6. The molecule has 1 N–H and O–H groups in total. The van der Waals surface area contributed by atoms with Gasteiger partial charge in [0.05, 0.1) is 0 Å². The molecule has 3 atom stereocenters. The highest BCUT2D eigenvalue weighted by Crippen LogP contribution is 2.28. The molecule has 0 aromatic rings. The van der Waals surface area contributed by atoms with Crippen molar-refractivity contribution in [2.75, 3.05) is 13.6 Å². The summed E-state index contributed by atoms with van der Waals surface area (Å²) in [5.41, 5.74) is 0. The van der Waals surface area contributed by atoms with Gasteiger partial charge in [0.25, 0.3) is 0 Å². The van der Waals surface area contributed by atoms with E-state index in [2.05, 4.69) is 45.0 Å². The lowest BCUT2D eigenvalue weighted by Gasteiger charge is -2.42. The fourth-order valence-corrected chi connectivity index (χ4v) is 2.68. The molecular formula is C13H28N2. The molecule has 0 saturated heterocycles. The van der Waals surface area contributed by atoms with Crippen molar-refractivity contribution < 1.29 is 0 Å². The molecule has 0 aromatic heterocycles. The molecular weight excluding hydrogens is 184 g/mol. The minimum atomic E-state index is 0.654. The van der Waals surface area contributed by atoms with Crippen molar-refractivity contribution in [3.8, 4) is 0 Å². The molecule has 0 radical (unpaired) electrons. The fourth-order valence-electron chi connectivity index (χ4n) is 2.68. The van der Waals surface area contributed by atoms with E-state index < -0.39 is 0 Å². The second kappa shape index (κ2) is 5.86. The first kappa shape index (κ1) is 13.0. The second-order valence-corrected chi connectivity index (χ2v) is 5.41. The Bertz CT molecular complexity index is 179. The zero-order valence-electron chi connectivity index (χ0n) is 11.1. The van der Waals surface area contributed by atoms with E-state index in [1.807, 2.05) is 0 Å². The minimum Gasteiger partial charge on any atom is -0.313 e. The summed E-state index contributed by atoms with van der Waals surface area (Å²) < 4.78 is 0. The van der Waals surface area contributed by atoms with Gasteiger partial charge in [0.15, 0.2) is 0 Å². The van der Waals surface area contributed by atoms with Crippen LogP contribution in [-0.4, -0.2) is 36.6 Å². The molecule has 1 aliphatic carbocycles. The van der Waals surface area contributed by atoms with Crippen molar-refractivity contribution >= 4 is 0 Å². The highest BCUT2D eigenvalue weighted by molar-refractivity contribution is 4.90. The lowest BCUT2D eigenvalue weighted by molar-refractivity contribution is 0.101. The molecule has 2 heteroatoms. The van der Waals surface area contributed by atoms with Crippen LogP contribution in [-0.2, 0) is 0 Å². The van der Waals surface area contributed by atoms with Crippen LogP contribution in [0.4, 0.5) is 0 Å². The molecule has 15 heavy (non-hydrogen) atoms. The van der Waals surface area contributed by atoms with Gasteiger partial charge in [-0.15, -0.1) is 0 Å². The molecule has 0 spiro atoms. The second-order valence-electron chi connectivity index (χ2n) is 5.41. The van der Waals surface area contributed by atoms with Crippen molar-refractivity contribution in [1.29, 1.82) is 0 Å². The van der Waals surface area contributed by atoms with E-state index in [0.29, 0.717) is 12.1 Å². The van der Waals surface area contributed by atoms with Crippen LogP contribution in [0.25, 0.3) is 0 Å². The first-order valence-corrected chi connectivity index (χ1v) is 6.51. The molecule has 3 unspecified atom stereocenters. The van der Waals surface area contributed by atoms with Gasteiger partial charge in [0.1, 0.15) is 0 Å². The molecule has 1 fully saturated rings. The van der Waals surface area contributed by atoms with Gasteiger partial charge in [0, 0.05) is 18.1 Å². The fraction of sp³-hybridized carbons (Fsp3) is 1.00. The first-order chi connectivity index (χ1) is 7.06. The zero-order valence-corrected chi connectivity index (χ0v) is 11.1. The zero-order chi connectivity index (χ0) is 11.4. The summed E-state index contributed by atoms with van der Waals surface area (Å²) in [4.78, 5) is 2.54. The number of hydrogen-bond donors (Lipinski definition) is 1. The Morgan fingerprint density at radius 1 is 1.33 bits per heavy atom. The predicted molar refractivity (Wildman–Crippen MR) is 67.2 cm³/mol. The maximum absolute atomic E-state index is 3.65. The van der Waals surface area contributed by atoms with E-state index in [1.54, 1.807) is 0 Å². The van der Waals surface area contributed by atoms with Gasteiger partial charge in [-0.05, 0) is 52.6 Å². The number of nitrogens with one attached hydrogen (secondary N) is 1. The molecule has 0 aliphatic heterocycles. The Balaban J connectivity index is 2.60. The van der Waals surface area contributed by atoms with Crippen LogP contribution in [0.2, 0.25) is 0 Å². The van der Waals surface area contributed by atoms with Gasteiger partial charge in [-0.2, -0.15) is 0 Å². The Hall–Kier alpha value is -0.0800. The van der Waals surface area contributed by atoms with Gasteiger partial charge in [-0.3, -0.25) is 4.90 Å². The van der Waals surface area contributed by atoms with E-state index in [-0.39, 0.29) is 0 Å². The molecule has 0 heterocycles. The molecule has 0 aromatic carbocycles. The summed E-state index contributed by atoms with van der Waals surface area (Å²) in [6, 6.07) is 2.09. The van der Waals surface area contributed by atoms with Crippen molar-refractivity contribution in [1.82, 2.24) is 10.2 Å². The van der Waals surface area contributed by atoms with E-state index in [4.69, 9.17) is 0 Å². The summed E-state index contributed by atoms with van der Waals surface area (Å²) >= 11 is 0. The van der Waals surface area contributed by atoms with E-state index in [1.165, 1.54) is 19.3 Å². The van der Waals surface area contributed by atoms with Gasteiger partial charge in [0.2, 0.25) is 0 Å². The van der Waals surface area contributed by atoms with Crippen LogP contribution in [0.3, 0.4) is 0 Å². The standard InChI is InChI=1S/C13H28N2/c1-6-14-12-8-7-11(4)9-13(12)15(5)10(2)3/h10-14H,6-9H2,1-5H3. The minimum absolute atomic E-state index is 0.654. The third-order valence-electron chi connectivity index (χ3n) is 3.88. The summed E-state index contributed by atoms with van der Waals surface area (Å²) in [5.74, 6) is 0.895. The van der Waals surface area contributed by atoms with Crippen LogP contribution in [0.15, 0.2) is 0 Å². The highest BCUT2D eigenvalue weighted by Gasteiger charge is 2.31. The third kappa shape index (κ3) is 3.46. The predicted octanol–water partition coefficient (Wildman–Crippen LogP) is 2.49. The average molecular weight is 212 g/mol. The molecule has 0 bridgehead atoms. The van der Waals surface area contributed by atoms with E-state index in [0.717, 1.165) is 18.5 Å². The molecule has 1 rings (SSSR count). The Labute approximate surface area is 95.4 Å². The number of rotatable bonds is 4. The Morgan fingerprint density at radius 2 is 2.00 bits per heavy atom. The first-order valence-electron chi connectivity index (χ1n) is 6.51. The molecule has 2 nitrogen and oxygen atoms in total. The van der Waals surface area contributed by atoms with Crippen LogP contribution in [0, 0.1) is 5.92 Å². The van der Waals surface area contributed by atoms with Crippen molar-refractivity contribution in [2.45, 2.75) is 65.1 Å². The number of nitrogens with zero attached hydrogens (tertiary/aromatic N) is 1. The van der Waals surface area contributed by atoms with Crippen LogP contribution in [0.1, 0.15) is 47.0 Å². The maximum Gasteiger partial charge on any atom is 0.0251 e. The van der Waals surface area contributed by atoms with Gasteiger partial charge >= 0.3 is 0 Å². The smallest absolute Gasteiger partial charge is 0.0251 e. The number of hydrogen-bond acceptors (Lipinski definition) is 2. The van der Waals surface area contributed by atoms with E-state index in [9.17, 15) is 0 Å². The number of likely N-dealkylation sites (N-methyl/N-ethyl adjacent to an activating group) is 2. The van der Waals surface area contributed by atoms with Crippen molar-refractivity contribution in [3.05, 3.63) is 0 Å². The average Bonchev–Trinajstić information content (AvgIpc) is 2.20. The SMILES string of the molecule is CCNC1CCC(C)CC1N(C)C(C)C. The monoisotopic (exact) mass is 212 g/mol. The lowest BCUT2D eigenvalue weighted by atomic mass is 9.82. The summed E-state index contributed by atoms with van der Waals surface area (Å²) in [6.07, 6.45) is 4.09. The molecule has 1 aliphatic rings. The van der Waals surface area contributed by atoms with Gasteiger partial charge < -0.3 is 5.32 Å². The summed E-state index contributed by atoms with van der Waals surface area (Å²) in [7, 11) is 2.28. The van der Waals surface area contributed by atoms with Crippen molar-refractivity contribution in [2.24, 2.45) is 5.92 Å². The van der Waals surface area contributed by atoms with Crippen LogP contribution < -0.4 is 5.32 Å². The van der Waals surface area contributed by atoms with Crippen molar-refractivity contribution in [3.63, 3.8) is 0 Å². The third-order valence-corrected chi connectivity index (χ3v) is 3.88. The maximum atomic E-state index is 3.65.